The first-order chi connectivity index (χ1) is 7.45. The molecule has 0 amide bonds. The van der Waals surface area contributed by atoms with Crippen molar-refractivity contribution >= 4 is 39.5 Å². The van der Waals surface area contributed by atoms with Gasteiger partial charge in [0.2, 0.25) is 5.08 Å². The molecular formula is C3H5BO11S2. The molecule has 0 aliphatic rings. The molecule has 14 heteroatoms. The van der Waals surface area contributed by atoms with Crippen molar-refractivity contribution in [2.45, 2.75) is 0 Å². The van der Waals surface area contributed by atoms with E-state index in [1.165, 1.54) is 0 Å². The highest BCUT2D eigenvalue weighted by molar-refractivity contribution is 8.04. The van der Waals surface area contributed by atoms with Crippen LogP contribution in [0.5, 0.6) is 0 Å². The maximum absolute atomic E-state index is 10.8. The van der Waals surface area contributed by atoms with Gasteiger partial charge in [-0.2, -0.15) is 16.8 Å². The van der Waals surface area contributed by atoms with Crippen LogP contribution in [0.1, 0.15) is 0 Å². The fraction of sp³-hybridized carbons (Fsp3) is 0.333. The van der Waals surface area contributed by atoms with Crippen LogP contribution in [0.25, 0.3) is 0 Å². The maximum atomic E-state index is 10.8. The third-order valence-corrected chi connectivity index (χ3v) is 4.08. The number of rotatable bonds is 5. The van der Waals surface area contributed by atoms with Gasteiger partial charge in [0, 0.05) is 0 Å². The van der Waals surface area contributed by atoms with Gasteiger partial charge in [0.05, 0.1) is 0 Å². The Morgan fingerprint density at radius 2 is 1.53 bits per heavy atom. The number of hydrogen-bond acceptors (Lipinski definition) is 10. The van der Waals surface area contributed by atoms with Crippen molar-refractivity contribution in [2.75, 3.05) is 5.08 Å². The number of aliphatic carboxylic acids is 1. The quantitative estimate of drug-likeness (QED) is 0.257. The molecular weight excluding hydrogens is 287 g/mol. The summed E-state index contributed by atoms with van der Waals surface area (Å²) in [5.74, 6) is -4.47. The zero-order valence-corrected chi connectivity index (χ0v) is 9.34. The molecule has 0 fully saturated rings. The van der Waals surface area contributed by atoms with E-state index in [4.69, 9.17) is 15.2 Å². The van der Waals surface area contributed by atoms with E-state index < -0.39 is 44.6 Å². The molecule has 0 atom stereocenters. The van der Waals surface area contributed by atoms with Gasteiger partial charge >= 0.3 is 29.4 Å². The molecule has 3 N–H and O–H groups in total. The average molecular weight is 292 g/mol. The van der Waals surface area contributed by atoms with Crippen molar-refractivity contribution in [1.82, 2.24) is 0 Å². The molecule has 0 aromatic rings. The SMILES string of the molecule is O=C(O)C(=O)OS(=O)(=O)CS(=O)(=O)OB(O)O. The third kappa shape index (κ3) is 6.85. The predicted octanol–water partition coefficient (Wildman–Crippen LogP) is -3.78. The van der Waals surface area contributed by atoms with Crippen LogP contribution in [-0.4, -0.2) is 56.3 Å². The zero-order chi connectivity index (χ0) is 13.9. The summed E-state index contributed by atoms with van der Waals surface area (Å²) >= 11 is 0. The monoisotopic (exact) mass is 292 g/mol. The second-order valence-electron chi connectivity index (χ2n) is 2.33. The van der Waals surface area contributed by atoms with Crippen molar-refractivity contribution in [2.24, 2.45) is 0 Å². The maximum Gasteiger partial charge on any atom is 0.649 e. The molecule has 0 rings (SSSR count). The zero-order valence-electron chi connectivity index (χ0n) is 7.71. The average Bonchev–Trinajstić information content (AvgIpc) is 1.96. The van der Waals surface area contributed by atoms with E-state index in [2.05, 4.69) is 8.28 Å². The van der Waals surface area contributed by atoms with Crippen LogP contribution in [0.3, 0.4) is 0 Å². The summed E-state index contributed by atoms with van der Waals surface area (Å²) in [5.41, 5.74) is 0. The minimum Gasteiger partial charge on any atom is -0.473 e. The molecule has 98 valence electrons. The van der Waals surface area contributed by atoms with Gasteiger partial charge in [-0.1, -0.05) is 0 Å². The summed E-state index contributed by atoms with van der Waals surface area (Å²) in [6.45, 7) is 0. The molecule has 0 saturated carbocycles. The topological polar surface area (TPSA) is 182 Å². The Balaban J connectivity index is 4.78. The summed E-state index contributed by atoms with van der Waals surface area (Å²) in [6, 6.07) is 0. The van der Waals surface area contributed by atoms with Gasteiger partial charge in [0.25, 0.3) is 10.1 Å². The fourth-order valence-corrected chi connectivity index (χ4v) is 2.90. The van der Waals surface area contributed by atoms with Gasteiger partial charge in [0.15, 0.2) is 0 Å². The first-order valence-corrected chi connectivity index (χ1v) is 6.57. The van der Waals surface area contributed by atoms with E-state index >= 15 is 0 Å². The molecule has 0 bridgehead atoms. The first kappa shape index (κ1) is 15.8. The second-order valence-corrected chi connectivity index (χ2v) is 5.86. The molecule has 0 radical (unpaired) electrons. The Bertz CT molecular complexity index is 499. The summed E-state index contributed by atoms with van der Waals surface area (Å²) in [5, 5.41) is 22.3. The Hall–Kier alpha value is -1.22. The van der Waals surface area contributed by atoms with E-state index in [-0.39, 0.29) is 0 Å². The van der Waals surface area contributed by atoms with E-state index in [1.54, 1.807) is 0 Å². The highest BCUT2D eigenvalue weighted by Crippen LogP contribution is 2.03. The van der Waals surface area contributed by atoms with E-state index in [0.717, 1.165) is 0 Å². The van der Waals surface area contributed by atoms with Gasteiger partial charge in [-0.05, 0) is 0 Å². The summed E-state index contributed by atoms with van der Waals surface area (Å²) in [7, 11) is -12.9. The smallest absolute Gasteiger partial charge is 0.473 e. The van der Waals surface area contributed by atoms with E-state index in [1.807, 2.05) is 0 Å². The van der Waals surface area contributed by atoms with Gasteiger partial charge in [-0.25, -0.2) is 9.59 Å². The standard InChI is InChI=1S/C3H5BO11S2/c5-2(6)3(7)14-16(10,11)1-17(12,13)15-4(8)9/h8-9H,1H2,(H,5,6). The fourth-order valence-electron chi connectivity index (χ4n) is 0.511. The number of carboxylic acid groups (broad SMARTS) is 1. The van der Waals surface area contributed by atoms with Crippen LogP contribution in [0, 0.1) is 0 Å². The number of carbonyl (C=O) groups is 2. The molecule has 0 aromatic heterocycles. The Labute approximate surface area is 95.0 Å². The van der Waals surface area contributed by atoms with Crippen molar-refractivity contribution in [3.05, 3.63) is 0 Å². The summed E-state index contributed by atoms with van der Waals surface area (Å²) in [6.07, 6.45) is 0. The van der Waals surface area contributed by atoms with Crippen LogP contribution in [0.15, 0.2) is 0 Å². The van der Waals surface area contributed by atoms with Crippen LogP contribution in [0.2, 0.25) is 0 Å². The normalized spacial score (nSPS) is 11.9. The molecule has 11 nitrogen and oxygen atoms in total. The molecule has 0 aliphatic carbocycles. The largest absolute Gasteiger partial charge is 0.649 e. The number of carbonyl (C=O) groups excluding carboxylic acids is 1. The lowest BCUT2D eigenvalue weighted by molar-refractivity contribution is -0.157. The lowest BCUT2D eigenvalue weighted by atomic mass is 10.3. The number of carboxylic acids is 1. The van der Waals surface area contributed by atoms with Crippen LogP contribution in [-0.2, 0) is 38.1 Å². The lowest BCUT2D eigenvalue weighted by Crippen LogP contribution is -2.30. The van der Waals surface area contributed by atoms with E-state index in [9.17, 15) is 26.4 Å². The van der Waals surface area contributed by atoms with Crippen molar-refractivity contribution in [1.29, 1.82) is 0 Å². The minimum absolute atomic E-state index is 1.96. The predicted molar refractivity (Wildman–Crippen MR) is 47.7 cm³/mol. The lowest BCUT2D eigenvalue weighted by Gasteiger charge is -2.04. The van der Waals surface area contributed by atoms with E-state index in [0.29, 0.717) is 0 Å². The van der Waals surface area contributed by atoms with Crippen LogP contribution < -0.4 is 0 Å². The molecule has 0 saturated heterocycles. The molecule has 0 aliphatic heterocycles. The molecule has 0 aromatic carbocycles. The molecule has 0 unspecified atom stereocenters. The van der Waals surface area contributed by atoms with Crippen molar-refractivity contribution in [3.8, 4) is 0 Å². The Kier molecular flexibility index (Phi) is 5.02. The third-order valence-electron chi connectivity index (χ3n) is 0.899. The van der Waals surface area contributed by atoms with Gasteiger partial charge in [-0.3, -0.25) is 4.10 Å². The van der Waals surface area contributed by atoms with Gasteiger partial charge < -0.3 is 19.3 Å². The molecule has 17 heavy (non-hydrogen) atoms. The Morgan fingerprint density at radius 1 is 1.06 bits per heavy atom. The number of hydrogen-bond donors (Lipinski definition) is 3. The summed E-state index contributed by atoms with van der Waals surface area (Å²) in [4.78, 5) is 20.3. The van der Waals surface area contributed by atoms with Gasteiger partial charge in [0.1, 0.15) is 0 Å². The van der Waals surface area contributed by atoms with Crippen molar-refractivity contribution < 1.29 is 49.9 Å². The minimum atomic E-state index is -5.09. The highest BCUT2D eigenvalue weighted by Gasteiger charge is 2.32. The van der Waals surface area contributed by atoms with Crippen molar-refractivity contribution in [3.63, 3.8) is 0 Å². The summed E-state index contributed by atoms with van der Waals surface area (Å²) < 4.78 is 49.8. The van der Waals surface area contributed by atoms with Crippen LogP contribution >= 0.6 is 0 Å². The molecule has 0 heterocycles. The van der Waals surface area contributed by atoms with Crippen LogP contribution in [0.4, 0.5) is 0 Å². The second kappa shape index (κ2) is 5.41. The highest BCUT2D eigenvalue weighted by atomic mass is 32.3. The van der Waals surface area contributed by atoms with Gasteiger partial charge in [-0.15, -0.1) is 0 Å². The Morgan fingerprint density at radius 3 is 1.88 bits per heavy atom. The molecule has 0 spiro atoms. The first-order valence-electron chi connectivity index (χ1n) is 3.42.